The van der Waals surface area contributed by atoms with Gasteiger partial charge in [-0.2, -0.15) is 4.80 Å². The van der Waals surface area contributed by atoms with Crippen molar-refractivity contribution < 1.29 is 4.79 Å². The third-order valence-electron chi connectivity index (χ3n) is 4.30. The highest BCUT2D eigenvalue weighted by Gasteiger charge is 2.23. The van der Waals surface area contributed by atoms with E-state index in [2.05, 4.69) is 27.7 Å². The van der Waals surface area contributed by atoms with Gasteiger partial charge in [0.05, 0.1) is 0 Å². The van der Waals surface area contributed by atoms with Crippen molar-refractivity contribution in [2.24, 2.45) is 5.92 Å². The van der Waals surface area contributed by atoms with E-state index in [9.17, 15) is 4.79 Å². The molecule has 1 saturated carbocycles. The van der Waals surface area contributed by atoms with Crippen LogP contribution in [0.2, 0.25) is 5.02 Å². The zero-order valence-electron chi connectivity index (χ0n) is 13.1. The van der Waals surface area contributed by atoms with Crippen LogP contribution in [-0.2, 0) is 11.3 Å². The third kappa shape index (κ3) is 4.07. The van der Waals surface area contributed by atoms with Crippen LogP contribution < -0.4 is 5.32 Å². The van der Waals surface area contributed by atoms with Gasteiger partial charge in [0.2, 0.25) is 11.7 Å². The van der Waals surface area contributed by atoms with Crippen molar-refractivity contribution in [3.05, 3.63) is 29.3 Å². The van der Waals surface area contributed by atoms with Gasteiger partial charge in [0.25, 0.3) is 0 Å². The molecule has 1 aromatic heterocycles. The minimum atomic E-state index is -0.0659. The van der Waals surface area contributed by atoms with Crippen molar-refractivity contribution in [1.29, 1.82) is 0 Å². The second-order valence-corrected chi connectivity index (χ2v) is 6.52. The van der Waals surface area contributed by atoms with Crippen LogP contribution in [0.1, 0.15) is 32.6 Å². The van der Waals surface area contributed by atoms with Crippen LogP contribution in [-0.4, -0.2) is 32.2 Å². The highest BCUT2D eigenvalue weighted by Crippen LogP contribution is 2.23. The first kappa shape index (κ1) is 15.9. The molecule has 1 aliphatic rings. The number of halogens is 1. The molecule has 0 radical (unpaired) electrons. The van der Waals surface area contributed by atoms with Crippen LogP contribution in [0.25, 0.3) is 11.4 Å². The summed E-state index contributed by atoms with van der Waals surface area (Å²) in [5.74, 6) is 0.949. The van der Waals surface area contributed by atoms with Crippen LogP contribution in [0.3, 0.4) is 0 Å². The molecule has 122 valence electrons. The number of carbonyl (C=O) groups is 1. The molecular formula is C16H20ClN5O. The first-order valence-electron chi connectivity index (χ1n) is 7.95. The van der Waals surface area contributed by atoms with Gasteiger partial charge >= 0.3 is 0 Å². The second kappa shape index (κ2) is 7.08. The predicted octanol–water partition coefficient (Wildman–Crippen LogP) is 2.69. The fourth-order valence-electron chi connectivity index (χ4n) is 2.94. The lowest BCUT2D eigenvalue weighted by molar-refractivity contribution is -0.123. The Hall–Kier alpha value is -1.95. The summed E-state index contributed by atoms with van der Waals surface area (Å²) in [6, 6.07) is 7.46. The standard InChI is InChI=1S/C16H20ClN5O/c1-11-4-2-3-5-14(11)18-15(23)10-22-20-16(19-21-22)12-6-8-13(17)9-7-12/h6-9,11,14H,2-5,10H2,1H3,(H,18,23)/t11-,14+/m0/s1. The Labute approximate surface area is 140 Å². The number of carbonyl (C=O) groups excluding carboxylic acids is 1. The minimum absolute atomic E-state index is 0.0659. The second-order valence-electron chi connectivity index (χ2n) is 6.09. The average Bonchev–Trinajstić information content (AvgIpc) is 2.98. The normalized spacial score (nSPS) is 21.1. The van der Waals surface area contributed by atoms with Crippen molar-refractivity contribution in [2.45, 2.75) is 45.2 Å². The van der Waals surface area contributed by atoms with Crippen molar-refractivity contribution >= 4 is 17.5 Å². The molecule has 1 heterocycles. The van der Waals surface area contributed by atoms with Gasteiger partial charge < -0.3 is 5.32 Å². The summed E-state index contributed by atoms with van der Waals surface area (Å²) in [4.78, 5) is 13.5. The van der Waals surface area contributed by atoms with E-state index in [1.807, 2.05) is 12.1 Å². The summed E-state index contributed by atoms with van der Waals surface area (Å²) in [7, 11) is 0. The average molecular weight is 334 g/mol. The smallest absolute Gasteiger partial charge is 0.243 e. The predicted molar refractivity (Wildman–Crippen MR) is 87.8 cm³/mol. The van der Waals surface area contributed by atoms with Gasteiger partial charge in [-0.05, 0) is 48.2 Å². The molecule has 1 N–H and O–H groups in total. The van der Waals surface area contributed by atoms with Crippen molar-refractivity contribution in [2.75, 3.05) is 0 Å². The van der Waals surface area contributed by atoms with E-state index < -0.39 is 0 Å². The van der Waals surface area contributed by atoms with E-state index in [0.717, 1.165) is 12.0 Å². The van der Waals surface area contributed by atoms with E-state index in [-0.39, 0.29) is 18.5 Å². The molecule has 0 saturated heterocycles. The Bertz CT molecular complexity index is 669. The summed E-state index contributed by atoms with van der Waals surface area (Å²) < 4.78 is 0. The summed E-state index contributed by atoms with van der Waals surface area (Å²) in [6.07, 6.45) is 4.65. The highest BCUT2D eigenvalue weighted by molar-refractivity contribution is 6.30. The Morgan fingerprint density at radius 1 is 1.30 bits per heavy atom. The number of tetrazole rings is 1. The molecule has 23 heavy (non-hydrogen) atoms. The van der Waals surface area contributed by atoms with Crippen LogP contribution in [0, 0.1) is 5.92 Å². The third-order valence-corrected chi connectivity index (χ3v) is 4.55. The zero-order chi connectivity index (χ0) is 16.2. The number of amides is 1. The molecule has 3 rings (SSSR count). The first-order chi connectivity index (χ1) is 11.1. The monoisotopic (exact) mass is 333 g/mol. The van der Waals surface area contributed by atoms with Gasteiger partial charge in [0, 0.05) is 16.6 Å². The number of benzene rings is 1. The molecule has 2 aromatic rings. The Balaban J connectivity index is 1.60. The van der Waals surface area contributed by atoms with Gasteiger partial charge in [0.1, 0.15) is 6.54 Å². The molecule has 7 heteroatoms. The van der Waals surface area contributed by atoms with E-state index in [1.165, 1.54) is 24.1 Å². The largest absolute Gasteiger partial charge is 0.351 e. The van der Waals surface area contributed by atoms with Gasteiger partial charge in [0.15, 0.2) is 0 Å². The van der Waals surface area contributed by atoms with Crippen molar-refractivity contribution in [3.8, 4) is 11.4 Å². The molecule has 1 aromatic carbocycles. The topological polar surface area (TPSA) is 72.7 Å². The fraction of sp³-hybridized carbons (Fsp3) is 0.500. The molecule has 0 spiro atoms. The fourth-order valence-corrected chi connectivity index (χ4v) is 3.06. The molecular weight excluding hydrogens is 314 g/mol. The Morgan fingerprint density at radius 3 is 2.78 bits per heavy atom. The first-order valence-corrected chi connectivity index (χ1v) is 8.33. The summed E-state index contributed by atoms with van der Waals surface area (Å²) in [6.45, 7) is 2.28. The highest BCUT2D eigenvalue weighted by atomic mass is 35.5. The van der Waals surface area contributed by atoms with Crippen LogP contribution in [0.15, 0.2) is 24.3 Å². The maximum absolute atomic E-state index is 12.2. The molecule has 6 nitrogen and oxygen atoms in total. The van der Waals surface area contributed by atoms with Crippen LogP contribution >= 0.6 is 11.6 Å². The number of hydrogen-bond donors (Lipinski definition) is 1. The van der Waals surface area contributed by atoms with E-state index in [4.69, 9.17) is 11.6 Å². The molecule has 0 aliphatic heterocycles. The number of nitrogens with zero attached hydrogens (tertiary/aromatic N) is 4. The zero-order valence-corrected chi connectivity index (χ0v) is 13.8. The summed E-state index contributed by atoms with van der Waals surface area (Å²) in [5.41, 5.74) is 0.821. The number of rotatable bonds is 4. The number of aromatic nitrogens is 4. The summed E-state index contributed by atoms with van der Waals surface area (Å²) in [5, 5.41) is 15.9. The van der Waals surface area contributed by atoms with Gasteiger partial charge in [-0.15, -0.1) is 10.2 Å². The van der Waals surface area contributed by atoms with E-state index in [0.29, 0.717) is 16.8 Å². The quantitative estimate of drug-likeness (QED) is 0.933. The molecule has 0 unspecified atom stereocenters. The van der Waals surface area contributed by atoms with E-state index in [1.54, 1.807) is 12.1 Å². The Kier molecular flexibility index (Phi) is 4.91. The van der Waals surface area contributed by atoms with Gasteiger partial charge in [-0.1, -0.05) is 31.4 Å². The van der Waals surface area contributed by atoms with Crippen LogP contribution in [0.4, 0.5) is 0 Å². The molecule has 1 fully saturated rings. The van der Waals surface area contributed by atoms with E-state index >= 15 is 0 Å². The molecule has 0 bridgehead atoms. The number of hydrogen-bond acceptors (Lipinski definition) is 4. The molecule has 1 amide bonds. The van der Waals surface area contributed by atoms with Gasteiger partial charge in [-0.25, -0.2) is 0 Å². The SMILES string of the molecule is C[C@H]1CCCC[C@H]1NC(=O)Cn1nnc(-c2ccc(Cl)cc2)n1. The molecule has 2 atom stereocenters. The minimum Gasteiger partial charge on any atom is -0.351 e. The lowest BCUT2D eigenvalue weighted by Crippen LogP contribution is -2.42. The van der Waals surface area contributed by atoms with Crippen LogP contribution in [0.5, 0.6) is 0 Å². The lowest BCUT2D eigenvalue weighted by atomic mass is 9.86. The summed E-state index contributed by atoms with van der Waals surface area (Å²) >= 11 is 5.86. The maximum atomic E-state index is 12.2. The number of nitrogens with one attached hydrogen (secondary N) is 1. The molecule has 1 aliphatic carbocycles. The van der Waals surface area contributed by atoms with Crippen molar-refractivity contribution in [3.63, 3.8) is 0 Å². The Morgan fingerprint density at radius 2 is 2.04 bits per heavy atom. The lowest BCUT2D eigenvalue weighted by Gasteiger charge is -2.29. The van der Waals surface area contributed by atoms with Gasteiger partial charge in [-0.3, -0.25) is 4.79 Å². The van der Waals surface area contributed by atoms with Crippen molar-refractivity contribution in [1.82, 2.24) is 25.5 Å². The maximum Gasteiger partial charge on any atom is 0.243 e.